The third-order valence-corrected chi connectivity index (χ3v) is 6.27. The van der Waals surface area contributed by atoms with E-state index in [4.69, 9.17) is 0 Å². The van der Waals surface area contributed by atoms with Crippen LogP contribution in [0.4, 0.5) is 4.39 Å². The second-order valence-electron chi connectivity index (χ2n) is 7.31. The number of thiophene rings is 1. The van der Waals surface area contributed by atoms with Crippen LogP contribution in [0.15, 0.2) is 41.8 Å². The molecule has 3 aromatic rings. The van der Waals surface area contributed by atoms with Gasteiger partial charge in [-0.1, -0.05) is 12.1 Å². The van der Waals surface area contributed by atoms with Gasteiger partial charge in [0.05, 0.1) is 10.6 Å². The smallest absolute Gasteiger partial charge is 0.293 e. The first-order valence-corrected chi connectivity index (χ1v) is 10.4. The van der Waals surface area contributed by atoms with Crippen LogP contribution in [0, 0.1) is 5.82 Å². The monoisotopic (exact) mass is 433 g/mol. The lowest BCUT2D eigenvalue weighted by Crippen LogP contribution is -2.39. The zero-order valence-electron chi connectivity index (χ0n) is 15.6. The normalized spacial score (nSPS) is 20.9. The van der Waals surface area contributed by atoms with Gasteiger partial charge in [0.15, 0.2) is 5.82 Å². The standard InChI is InChI=1S/C20H20FN5OS.ClH/c21-13-3-1-4-16(11-13)26-19(17-5-2-10-28-17)23-18(24-26)20(27)25-9-8-14-6-7-15(12-25)22-14;/h1-5,10-11,14-15,22H,6-9,12H2;1H. The molecule has 0 spiro atoms. The lowest BCUT2D eigenvalue weighted by Gasteiger charge is -2.22. The van der Waals surface area contributed by atoms with Crippen LogP contribution in [-0.4, -0.2) is 50.7 Å². The van der Waals surface area contributed by atoms with Crippen molar-refractivity contribution in [3.63, 3.8) is 0 Å². The Bertz CT molecular complexity index is 1010. The van der Waals surface area contributed by atoms with E-state index in [1.54, 1.807) is 16.8 Å². The molecule has 2 aliphatic heterocycles. The van der Waals surface area contributed by atoms with E-state index in [2.05, 4.69) is 15.4 Å². The van der Waals surface area contributed by atoms with Crippen LogP contribution in [0.25, 0.3) is 16.4 Å². The van der Waals surface area contributed by atoms with Crippen LogP contribution < -0.4 is 5.32 Å². The lowest BCUT2D eigenvalue weighted by molar-refractivity contribution is 0.0736. The molecule has 0 saturated carbocycles. The maximum absolute atomic E-state index is 13.8. The largest absolute Gasteiger partial charge is 0.334 e. The minimum absolute atomic E-state index is 0. The second-order valence-corrected chi connectivity index (χ2v) is 8.25. The Morgan fingerprint density at radius 2 is 2.03 bits per heavy atom. The fraction of sp³-hybridized carbons (Fsp3) is 0.350. The fourth-order valence-corrected chi connectivity index (χ4v) is 4.72. The van der Waals surface area contributed by atoms with Crippen LogP contribution in [0.2, 0.25) is 0 Å². The molecule has 2 atom stereocenters. The number of rotatable bonds is 3. The van der Waals surface area contributed by atoms with Gasteiger partial charge in [-0.2, -0.15) is 0 Å². The molecule has 2 unspecified atom stereocenters. The summed E-state index contributed by atoms with van der Waals surface area (Å²) >= 11 is 1.51. The summed E-state index contributed by atoms with van der Waals surface area (Å²) < 4.78 is 15.3. The van der Waals surface area contributed by atoms with Gasteiger partial charge in [-0.25, -0.2) is 14.1 Å². The first-order chi connectivity index (χ1) is 13.7. The number of carbonyl (C=O) groups excluding carboxylic acids is 1. The van der Waals surface area contributed by atoms with Gasteiger partial charge >= 0.3 is 0 Å². The number of nitrogens with one attached hydrogen (secondary N) is 1. The van der Waals surface area contributed by atoms with E-state index < -0.39 is 0 Å². The van der Waals surface area contributed by atoms with Crippen LogP contribution in [0.3, 0.4) is 0 Å². The van der Waals surface area contributed by atoms with Gasteiger partial charge in [-0.3, -0.25) is 4.79 Å². The zero-order valence-corrected chi connectivity index (χ0v) is 17.3. The summed E-state index contributed by atoms with van der Waals surface area (Å²) in [7, 11) is 0. The molecule has 152 valence electrons. The molecule has 2 fully saturated rings. The Hall–Kier alpha value is -2.29. The van der Waals surface area contributed by atoms with Crippen molar-refractivity contribution in [1.82, 2.24) is 25.0 Å². The van der Waals surface area contributed by atoms with E-state index in [9.17, 15) is 9.18 Å². The van der Waals surface area contributed by atoms with Crippen LogP contribution in [-0.2, 0) is 0 Å². The third-order valence-electron chi connectivity index (χ3n) is 5.40. The number of hydrogen-bond donors (Lipinski definition) is 1. The van der Waals surface area contributed by atoms with Gasteiger partial charge < -0.3 is 10.2 Å². The molecule has 2 aliphatic rings. The van der Waals surface area contributed by atoms with Crippen molar-refractivity contribution in [1.29, 1.82) is 0 Å². The molecule has 6 nitrogen and oxygen atoms in total. The number of benzene rings is 1. The molecule has 29 heavy (non-hydrogen) atoms. The molecule has 0 radical (unpaired) electrons. The number of nitrogens with zero attached hydrogens (tertiary/aromatic N) is 4. The number of halogens is 2. The zero-order chi connectivity index (χ0) is 19.1. The SMILES string of the molecule is Cl.O=C(c1nc(-c2cccs2)n(-c2cccc(F)c2)n1)N1CCC2CCC(C1)N2. The molecule has 1 aromatic carbocycles. The fourth-order valence-electron chi connectivity index (χ4n) is 4.02. The lowest BCUT2D eigenvalue weighted by atomic mass is 10.1. The van der Waals surface area contributed by atoms with E-state index in [0.717, 1.165) is 17.7 Å². The predicted molar refractivity (Wildman–Crippen MR) is 112 cm³/mol. The van der Waals surface area contributed by atoms with Crippen molar-refractivity contribution in [2.45, 2.75) is 31.3 Å². The van der Waals surface area contributed by atoms with Crippen LogP contribution in [0.5, 0.6) is 0 Å². The van der Waals surface area contributed by atoms with Crippen molar-refractivity contribution < 1.29 is 9.18 Å². The van der Waals surface area contributed by atoms with Gasteiger partial charge in [0.2, 0.25) is 5.82 Å². The summed E-state index contributed by atoms with van der Waals surface area (Å²) in [6.45, 7) is 1.38. The van der Waals surface area contributed by atoms with Crippen molar-refractivity contribution >= 4 is 29.7 Å². The van der Waals surface area contributed by atoms with E-state index in [1.807, 2.05) is 22.4 Å². The maximum Gasteiger partial charge on any atom is 0.293 e. The number of amides is 1. The summed E-state index contributed by atoms with van der Waals surface area (Å²) in [5.41, 5.74) is 0.548. The minimum Gasteiger partial charge on any atom is -0.334 e. The van der Waals surface area contributed by atoms with E-state index in [0.29, 0.717) is 36.7 Å². The molecule has 2 saturated heterocycles. The summed E-state index contributed by atoms with van der Waals surface area (Å²) in [4.78, 5) is 20.4. The molecule has 2 aromatic heterocycles. The average molecular weight is 434 g/mol. The first-order valence-electron chi connectivity index (χ1n) is 9.49. The van der Waals surface area contributed by atoms with Crippen molar-refractivity contribution in [2.24, 2.45) is 0 Å². The Balaban J connectivity index is 0.00000205. The summed E-state index contributed by atoms with van der Waals surface area (Å²) in [5.74, 6) is 0.193. The summed E-state index contributed by atoms with van der Waals surface area (Å²) in [5, 5.41) is 10.0. The molecule has 5 rings (SSSR count). The van der Waals surface area contributed by atoms with Crippen molar-refractivity contribution in [3.05, 3.63) is 53.4 Å². The molecule has 4 heterocycles. The highest BCUT2D eigenvalue weighted by molar-refractivity contribution is 7.13. The van der Waals surface area contributed by atoms with Crippen molar-refractivity contribution in [2.75, 3.05) is 13.1 Å². The number of carbonyl (C=O) groups is 1. The van der Waals surface area contributed by atoms with E-state index >= 15 is 0 Å². The Labute approximate surface area is 178 Å². The van der Waals surface area contributed by atoms with Crippen molar-refractivity contribution in [3.8, 4) is 16.4 Å². The van der Waals surface area contributed by atoms with Gasteiger partial charge in [0.1, 0.15) is 5.82 Å². The van der Waals surface area contributed by atoms with Gasteiger partial charge in [-0.15, -0.1) is 28.8 Å². The Morgan fingerprint density at radius 1 is 1.17 bits per heavy atom. The molecule has 9 heteroatoms. The molecular formula is C20H21ClFN5OS. The van der Waals surface area contributed by atoms with Gasteiger partial charge in [0.25, 0.3) is 5.91 Å². The van der Waals surface area contributed by atoms with Crippen LogP contribution >= 0.6 is 23.7 Å². The first kappa shape index (κ1) is 20.0. The highest BCUT2D eigenvalue weighted by Crippen LogP contribution is 2.27. The highest BCUT2D eigenvalue weighted by atomic mass is 35.5. The van der Waals surface area contributed by atoms with E-state index in [-0.39, 0.29) is 30.0 Å². The Kier molecular flexibility index (Phi) is 5.67. The maximum atomic E-state index is 13.8. The predicted octanol–water partition coefficient (Wildman–Crippen LogP) is 3.52. The third kappa shape index (κ3) is 3.92. The van der Waals surface area contributed by atoms with Gasteiger partial charge in [0, 0.05) is 25.2 Å². The summed E-state index contributed by atoms with van der Waals surface area (Å²) in [6.07, 6.45) is 3.23. The molecule has 2 bridgehead atoms. The van der Waals surface area contributed by atoms with E-state index in [1.165, 1.54) is 29.9 Å². The molecule has 1 amide bonds. The number of likely N-dealkylation sites (tertiary alicyclic amines) is 1. The quantitative estimate of drug-likeness (QED) is 0.686. The number of fused-ring (bicyclic) bond motifs is 2. The van der Waals surface area contributed by atoms with Gasteiger partial charge in [-0.05, 0) is 48.9 Å². The topological polar surface area (TPSA) is 63.1 Å². The minimum atomic E-state index is -0.354. The highest BCUT2D eigenvalue weighted by Gasteiger charge is 2.33. The molecule has 1 N–H and O–H groups in total. The Morgan fingerprint density at radius 3 is 2.83 bits per heavy atom. The number of aromatic nitrogens is 3. The van der Waals surface area contributed by atoms with Crippen LogP contribution in [0.1, 0.15) is 29.9 Å². The summed E-state index contributed by atoms with van der Waals surface area (Å²) in [6, 6.07) is 10.9. The molecule has 0 aliphatic carbocycles. The average Bonchev–Trinajstić information content (AvgIpc) is 3.40. The second kappa shape index (κ2) is 8.22. The molecular weight excluding hydrogens is 413 g/mol. The number of hydrogen-bond acceptors (Lipinski definition) is 5.